The summed E-state index contributed by atoms with van der Waals surface area (Å²) in [5, 5.41) is 5.89. The fraction of sp³-hybridized carbons (Fsp3) is 0.118. The van der Waals surface area contributed by atoms with Crippen molar-refractivity contribution in [3.05, 3.63) is 70.6 Å². The average molecular weight is 316 g/mol. The van der Waals surface area contributed by atoms with E-state index in [1.54, 1.807) is 11.3 Å². The van der Waals surface area contributed by atoms with Crippen LogP contribution in [0.3, 0.4) is 0 Å². The van der Waals surface area contributed by atoms with Crippen LogP contribution in [0.25, 0.3) is 10.1 Å². The molecule has 0 fully saturated rings. The number of alkyl halides is 1. The van der Waals surface area contributed by atoms with E-state index in [4.69, 9.17) is 11.6 Å². The largest absolute Gasteiger partial charge is 0.348 e. The van der Waals surface area contributed by atoms with Crippen molar-refractivity contribution in [1.29, 1.82) is 0 Å². The SMILES string of the molecule is O=C(NCc1cccc(CCl)c1)c1csc2ccccc12. The molecule has 0 aliphatic rings. The van der Waals surface area contributed by atoms with Crippen LogP contribution in [0.5, 0.6) is 0 Å². The lowest BCUT2D eigenvalue weighted by Crippen LogP contribution is -2.22. The fourth-order valence-electron chi connectivity index (χ4n) is 2.25. The van der Waals surface area contributed by atoms with Crippen LogP contribution < -0.4 is 5.32 Å². The van der Waals surface area contributed by atoms with E-state index in [-0.39, 0.29) is 5.91 Å². The van der Waals surface area contributed by atoms with E-state index in [0.717, 1.165) is 26.8 Å². The van der Waals surface area contributed by atoms with Crippen LogP contribution in [0.15, 0.2) is 53.9 Å². The zero-order valence-corrected chi connectivity index (χ0v) is 12.9. The summed E-state index contributed by atoms with van der Waals surface area (Å²) < 4.78 is 1.13. The molecule has 0 radical (unpaired) electrons. The van der Waals surface area contributed by atoms with Gasteiger partial charge in [-0.25, -0.2) is 0 Å². The summed E-state index contributed by atoms with van der Waals surface area (Å²) in [6.07, 6.45) is 0. The first-order valence-electron chi connectivity index (χ1n) is 6.66. The molecule has 0 spiro atoms. The molecule has 3 aromatic rings. The Balaban J connectivity index is 1.74. The Morgan fingerprint density at radius 1 is 1.10 bits per heavy atom. The van der Waals surface area contributed by atoms with Gasteiger partial charge >= 0.3 is 0 Å². The van der Waals surface area contributed by atoms with Crippen molar-refractivity contribution >= 4 is 38.9 Å². The van der Waals surface area contributed by atoms with E-state index >= 15 is 0 Å². The monoisotopic (exact) mass is 315 g/mol. The molecule has 0 aliphatic carbocycles. The van der Waals surface area contributed by atoms with E-state index in [9.17, 15) is 4.79 Å². The van der Waals surface area contributed by atoms with Gasteiger partial charge in [0.2, 0.25) is 0 Å². The summed E-state index contributed by atoms with van der Waals surface area (Å²) in [5.74, 6) is 0.445. The number of carbonyl (C=O) groups excluding carboxylic acids is 1. The van der Waals surface area contributed by atoms with Crippen molar-refractivity contribution < 1.29 is 4.79 Å². The van der Waals surface area contributed by atoms with Crippen molar-refractivity contribution in [3.8, 4) is 0 Å². The fourth-order valence-corrected chi connectivity index (χ4v) is 3.36. The normalized spacial score (nSPS) is 10.7. The van der Waals surface area contributed by atoms with E-state index in [1.165, 1.54) is 0 Å². The highest BCUT2D eigenvalue weighted by atomic mass is 35.5. The third-order valence-corrected chi connectivity index (χ3v) is 4.60. The maximum Gasteiger partial charge on any atom is 0.253 e. The third-order valence-electron chi connectivity index (χ3n) is 3.32. The van der Waals surface area contributed by atoms with Crippen LogP contribution in [-0.2, 0) is 12.4 Å². The van der Waals surface area contributed by atoms with Gasteiger partial charge in [-0.15, -0.1) is 22.9 Å². The molecule has 1 heterocycles. The van der Waals surface area contributed by atoms with Gasteiger partial charge in [0.05, 0.1) is 5.56 Å². The molecule has 0 saturated heterocycles. The Labute approximate surface area is 132 Å². The van der Waals surface area contributed by atoms with E-state index in [0.29, 0.717) is 12.4 Å². The summed E-state index contributed by atoms with van der Waals surface area (Å²) in [7, 11) is 0. The number of thiophene rings is 1. The summed E-state index contributed by atoms with van der Waals surface area (Å²) in [6, 6.07) is 15.9. The lowest BCUT2D eigenvalue weighted by atomic mass is 10.1. The number of halogens is 1. The number of rotatable bonds is 4. The van der Waals surface area contributed by atoms with Crippen molar-refractivity contribution in [2.45, 2.75) is 12.4 Å². The van der Waals surface area contributed by atoms with Gasteiger partial charge in [-0.1, -0.05) is 42.5 Å². The molecule has 0 atom stereocenters. The molecular formula is C17H14ClNOS. The number of amides is 1. The van der Waals surface area contributed by atoms with Crippen molar-refractivity contribution in [1.82, 2.24) is 5.32 Å². The quantitative estimate of drug-likeness (QED) is 0.702. The molecule has 1 aromatic heterocycles. The maximum atomic E-state index is 12.3. The summed E-state index contributed by atoms with van der Waals surface area (Å²) in [6.45, 7) is 0.508. The number of benzene rings is 2. The Morgan fingerprint density at radius 2 is 1.90 bits per heavy atom. The van der Waals surface area contributed by atoms with Crippen LogP contribution >= 0.6 is 22.9 Å². The van der Waals surface area contributed by atoms with Gasteiger partial charge in [0.25, 0.3) is 5.91 Å². The van der Waals surface area contributed by atoms with Crippen LogP contribution in [0, 0.1) is 0 Å². The summed E-state index contributed by atoms with van der Waals surface area (Å²) in [4.78, 5) is 12.3. The zero-order valence-electron chi connectivity index (χ0n) is 11.3. The highest BCUT2D eigenvalue weighted by molar-refractivity contribution is 7.17. The van der Waals surface area contributed by atoms with Crippen molar-refractivity contribution in [2.75, 3.05) is 0 Å². The Morgan fingerprint density at radius 3 is 2.76 bits per heavy atom. The molecule has 0 aliphatic heterocycles. The zero-order chi connectivity index (χ0) is 14.7. The van der Waals surface area contributed by atoms with Gasteiger partial charge in [0, 0.05) is 27.9 Å². The maximum absolute atomic E-state index is 12.3. The second kappa shape index (κ2) is 6.29. The molecule has 106 valence electrons. The highest BCUT2D eigenvalue weighted by Gasteiger charge is 2.11. The standard InChI is InChI=1S/C17H14ClNOS/c18-9-12-4-3-5-13(8-12)10-19-17(20)15-11-21-16-7-2-1-6-14(15)16/h1-8,11H,9-10H2,(H,19,20). The van der Waals surface area contributed by atoms with E-state index < -0.39 is 0 Å². The van der Waals surface area contributed by atoms with Gasteiger partial charge < -0.3 is 5.32 Å². The molecule has 0 unspecified atom stereocenters. The first-order valence-corrected chi connectivity index (χ1v) is 8.07. The van der Waals surface area contributed by atoms with Crippen molar-refractivity contribution in [2.24, 2.45) is 0 Å². The van der Waals surface area contributed by atoms with Crippen LogP contribution in [0.2, 0.25) is 0 Å². The van der Waals surface area contributed by atoms with Crippen LogP contribution in [0.1, 0.15) is 21.5 Å². The molecule has 0 bridgehead atoms. The van der Waals surface area contributed by atoms with Gasteiger partial charge in [0.1, 0.15) is 0 Å². The smallest absolute Gasteiger partial charge is 0.253 e. The topological polar surface area (TPSA) is 29.1 Å². The van der Waals surface area contributed by atoms with Gasteiger partial charge in [-0.3, -0.25) is 4.79 Å². The first kappa shape index (κ1) is 14.1. The molecule has 0 saturated carbocycles. The lowest BCUT2D eigenvalue weighted by Gasteiger charge is -2.06. The molecule has 4 heteroatoms. The molecule has 1 amide bonds. The molecular weight excluding hydrogens is 302 g/mol. The van der Waals surface area contributed by atoms with Gasteiger partial charge in [0.15, 0.2) is 0 Å². The molecule has 3 rings (SSSR count). The summed E-state index contributed by atoms with van der Waals surface area (Å²) >= 11 is 7.41. The molecule has 2 aromatic carbocycles. The minimum absolute atomic E-state index is 0.0382. The minimum Gasteiger partial charge on any atom is -0.348 e. The van der Waals surface area contributed by atoms with Gasteiger partial charge in [-0.2, -0.15) is 0 Å². The average Bonchev–Trinajstić information content (AvgIpc) is 2.97. The number of hydrogen-bond acceptors (Lipinski definition) is 2. The van der Waals surface area contributed by atoms with Crippen molar-refractivity contribution in [3.63, 3.8) is 0 Å². The number of fused-ring (bicyclic) bond motifs is 1. The lowest BCUT2D eigenvalue weighted by molar-refractivity contribution is 0.0953. The Bertz CT molecular complexity index is 781. The number of hydrogen-bond donors (Lipinski definition) is 1. The second-order valence-corrected chi connectivity index (χ2v) is 5.96. The molecule has 2 nitrogen and oxygen atoms in total. The van der Waals surface area contributed by atoms with Gasteiger partial charge in [-0.05, 0) is 17.2 Å². The third kappa shape index (κ3) is 3.09. The first-order chi connectivity index (χ1) is 10.3. The number of carbonyl (C=O) groups is 1. The van der Waals surface area contributed by atoms with Crippen LogP contribution in [0.4, 0.5) is 0 Å². The Hall–Kier alpha value is -1.84. The molecule has 21 heavy (non-hydrogen) atoms. The Kier molecular flexibility index (Phi) is 4.23. The predicted molar refractivity (Wildman–Crippen MR) is 89.0 cm³/mol. The summed E-state index contributed by atoms with van der Waals surface area (Å²) in [5.41, 5.74) is 2.86. The van der Waals surface area contributed by atoms with E-state index in [1.807, 2.05) is 53.9 Å². The van der Waals surface area contributed by atoms with Crippen LogP contribution in [-0.4, -0.2) is 5.91 Å². The minimum atomic E-state index is -0.0382. The number of nitrogens with one attached hydrogen (secondary N) is 1. The second-order valence-electron chi connectivity index (χ2n) is 4.78. The highest BCUT2D eigenvalue weighted by Crippen LogP contribution is 2.25. The predicted octanol–water partition coefficient (Wildman–Crippen LogP) is 4.57. The molecule has 1 N–H and O–H groups in total. The van der Waals surface area contributed by atoms with E-state index in [2.05, 4.69) is 5.32 Å².